The zero-order valence-electron chi connectivity index (χ0n) is 8.70. The highest BCUT2D eigenvalue weighted by molar-refractivity contribution is 9.10. The lowest BCUT2D eigenvalue weighted by Gasteiger charge is -2.25. The van der Waals surface area contributed by atoms with E-state index in [0.717, 1.165) is 11.7 Å². The molecule has 0 radical (unpaired) electrons. The Morgan fingerprint density at radius 1 is 1.29 bits per heavy atom. The van der Waals surface area contributed by atoms with Crippen molar-refractivity contribution in [1.82, 2.24) is 14.8 Å². The highest BCUT2D eigenvalue weighted by atomic mass is 79.9. The third-order valence-electron chi connectivity index (χ3n) is 3.15. The molecule has 0 unspecified atom stereocenters. The molecule has 0 atom stereocenters. The Kier molecular flexibility index (Phi) is 2.91. The van der Waals surface area contributed by atoms with Crippen LogP contribution in [0, 0.1) is 5.92 Å². The van der Waals surface area contributed by atoms with Crippen molar-refractivity contribution in [3.05, 3.63) is 10.6 Å². The summed E-state index contributed by atoms with van der Waals surface area (Å²) >= 11 is 3.32. The van der Waals surface area contributed by atoms with Gasteiger partial charge in [0.05, 0.1) is 0 Å². The van der Waals surface area contributed by atoms with Gasteiger partial charge in [-0.25, -0.2) is 4.98 Å². The van der Waals surface area contributed by atoms with Gasteiger partial charge in [0.25, 0.3) is 0 Å². The van der Waals surface area contributed by atoms with E-state index in [2.05, 4.69) is 32.9 Å². The highest BCUT2D eigenvalue weighted by Crippen LogP contribution is 2.34. The largest absolute Gasteiger partial charge is 0.252 e. The first-order valence-electron chi connectivity index (χ1n) is 5.23. The molecule has 1 aliphatic rings. The SMILES string of the molecule is CC1CCC(c2nc(Br)nn2C)CC1. The van der Waals surface area contributed by atoms with Crippen molar-refractivity contribution in [2.24, 2.45) is 13.0 Å². The van der Waals surface area contributed by atoms with Gasteiger partial charge < -0.3 is 0 Å². The van der Waals surface area contributed by atoms with Crippen LogP contribution in [-0.4, -0.2) is 14.8 Å². The molecule has 14 heavy (non-hydrogen) atoms. The van der Waals surface area contributed by atoms with Gasteiger partial charge in [-0.15, -0.1) is 5.10 Å². The number of hydrogen-bond acceptors (Lipinski definition) is 2. The number of nitrogens with zero attached hydrogens (tertiary/aromatic N) is 3. The summed E-state index contributed by atoms with van der Waals surface area (Å²) in [6.45, 7) is 2.34. The van der Waals surface area contributed by atoms with Crippen LogP contribution in [0.1, 0.15) is 44.3 Å². The minimum atomic E-state index is 0.620. The van der Waals surface area contributed by atoms with Crippen molar-refractivity contribution >= 4 is 15.9 Å². The first-order chi connectivity index (χ1) is 6.66. The average molecular weight is 258 g/mol. The molecule has 4 heteroatoms. The minimum Gasteiger partial charge on any atom is -0.252 e. The maximum absolute atomic E-state index is 4.43. The van der Waals surface area contributed by atoms with Crippen LogP contribution in [0.5, 0.6) is 0 Å². The molecule has 0 N–H and O–H groups in total. The Hall–Kier alpha value is -0.380. The van der Waals surface area contributed by atoms with Gasteiger partial charge in [-0.05, 0) is 34.7 Å². The van der Waals surface area contributed by atoms with Crippen molar-refractivity contribution in [3.63, 3.8) is 0 Å². The predicted molar refractivity (Wildman–Crippen MR) is 59.1 cm³/mol. The Morgan fingerprint density at radius 3 is 2.43 bits per heavy atom. The van der Waals surface area contributed by atoms with Crippen molar-refractivity contribution in [2.45, 2.75) is 38.5 Å². The lowest BCUT2D eigenvalue weighted by Crippen LogP contribution is -2.14. The third kappa shape index (κ3) is 2.00. The van der Waals surface area contributed by atoms with Crippen molar-refractivity contribution < 1.29 is 0 Å². The standard InChI is InChI=1S/C10H16BrN3/c1-7-3-5-8(6-4-7)9-12-10(11)13-14(9)2/h7-8H,3-6H2,1-2H3. The molecule has 3 nitrogen and oxygen atoms in total. The van der Waals surface area contributed by atoms with Crippen molar-refractivity contribution in [1.29, 1.82) is 0 Å². The van der Waals surface area contributed by atoms with E-state index in [-0.39, 0.29) is 0 Å². The lowest BCUT2D eigenvalue weighted by atomic mass is 9.82. The summed E-state index contributed by atoms with van der Waals surface area (Å²) < 4.78 is 2.62. The van der Waals surface area contributed by atoms with Crippen LogP contribution >= 0.6 is 15.9 Å². The molecule has 2 rings (SSSR count). The molecular weight excluding hydrogens is 242 g/mol. The third-order valence-corrected chi connectivity index (χ3v) is 3.49. The molecule has 0 spiro atoms. The topological polar surface area (TPSA) is 30.7 Å². The quantitative estimate of drug-likeness (QED) is 0.775. The summed E-state index contributed by atoms with van der Waals surface area (Å²) in [6, 6.07) is 0. The molecule has 0 aromatic carbocycles. The van der Waals surface area contributed by atoms with Gasteiger partial charge in [-0.3, -0.25) is 4.68 Å². The summed E-state index contributed by atoms with van der Waals surface area (Å²) in [4.78, 5) is 4.43. The monoisotopic (exact) mass is 257 g/mol. The van der Waals surface area contributed by atoms with E-state index in [1.54, 1.807) is 0 Å². The Bertz CT molecular complexity index is 313. The van der Waals surface area contributed by atoms with E-state index in [1.807, 2.05) is 11.7 Å². The van der Waals surface area contributed by atoms with E-state index < -0.39 is 0 Å². The minimum absolute atomic E-state index is 0.620. The second-order valence-electron chi connectivity index (χ2n) is 4.32. The Labute approximate surface area is 93.0 Å². The van der Waals surface area contributed by atoms with E-state index in [9.17, 15) is 0 Å². The fraction of sp³-hybridized carbons (Fsp3) is 0.800. The van der Waals surface area contributed by atoms with E-state index >= 15 is 0 Å². The molecule has 0 saturated heterocycles. The Morgan fingerprint density at radius 2 is 1.93 bits per heavy atom. The molecule has 78 valence electrons. The average Bonchev–Trinajstić information content (AvgIpc) is 2.47. The summed E-state index contributed by atoms with van der Waals surface area (Å²) in [6.07, 6.45) is 5.19. The van der Waals surface area contributed by atoms with Gasteiger partial charge >= 0.3 is 0 Å². The van der Waals surface area contributed by atoms with Crippen LogP contribution in [-0.2, 0) is 7.05 Å². The summed E-state index contributed by atoms with van der Waals surface area (Å²) in [5.41, 5.74) is 0. The van der Waals surface area contributed by atoms with Crippen LogP contribution in [0.3, 0.4) is 0 Å². The maximum Gasteiger partial charge on any atom is 0.217 e. The smallest absolute Gasteiger partial charge is 0.217 e. The van der Waals surface area contributed by atoms with Crippen LogP contribution in [0.2, 0.25) is 0 Å². The summed E-state index contributed by atoms with van der Waals surface area (Å²) in [7, 11) is 1.98. The van der Waals surface area contributed by atoms with Crippen LogP contribution in [0.4, 0.5) is 0 Å². The molecule has 1 saturated carbocycles. The first-order valence-corrected chi connectivity index (χ1v) is 6.02. The van der Waals surface area contributed by atoms with E-state index in [0.29, 0.717) is 10.7 Å². The van der Waals surface area contributed by atoms with Gasteiger partial charge in [0, 0.05) is 13.0 Å². The first kappa shape index (κ1) is 10.1. The van der Waals surface area contributed by atoms with Crippen LogP contribution in [0.25, 0.3) is 0 Å². The molecule has 1 fully saturated rings. The predicted octanol–water partition coefficient (Wildman–Crippen LogP) is 2.87. The molecule has 1 aliphatic carbocycles. The van der Waals surface area contributed by atoms with Gasteiger partial charge in [-0.2, -0.15) is 0 Å². The molecule has 0 amide bonds. The zero-order valence-corrected chi connectivity index (χ0v) is 10.3. The summed E-state index contributed by atoms with van der Waals surface area (Å²) in [5.74, 6) is 2.65. The molecule has 1 aromatic heterocycles. The number of rotatable bonds is 1. The van der Waals surface area contributed by atoms with E-state index in [1.165, 1.54) is 25.7 Å². The number of hydrogen-bond donors (Lipinski definition) is 0. The lowest BCUT2D eigenvalue weighted by molar-refractivity contribution is 0.334. The fourth-order valence-corrected chi connectivity index (χ4v) is 2.66. The highest BCUT2D eigenvalue weighted by Gasteiger charge is 2.23. The van der Waals surface area contributed by atoms with Crippen LogP contribution in [0.15, 0.2) is 4.73 Å². The molecule has 1 heterocycles. The Balaban J connectivity index is 2.11. The van der Waals surface area contributed by atoms with Gasteiger partial charge in [-0.1, -0.05) is 19.8 Å². The van der Waals surface area contributed by atoms with Gasteiger partial charge in [0.1, 0.15) is 5.82 Å². The number of aryl methyl sites for hydroxylation is 1. The number of halogens is 1. The van der Waals surface area contributed by atoms with Gasteiger partial charge in [0.2, 0.25) is 4.73 Å². The normalized spacial score (nSPS) is 27.9. The van der Waals surface area contributed by atoms with Crippen molar-refractivity contribution in [3.8, 4) is 0 Å². The molecule has 1 aromatic rings. The van der Waals surface area contributed by atoms with Crippen molar-refractivity contribution in [2.75, 3.05) is 0 Å². The second-order valence-corrected chi connectivity index (χ2v) is 5.03. The molecular formula is C10H16BrN3. The fourth-order valence-electron chi connectivity index (χ4n) is 2.24. The maximum atomic E-state index is 4.43. The zero-order chi connectivity index (χ0) is 10.1. The summed E-state index contributed by atoms with van der Waals surface area (Å²) in [5, 5.41) is 4.23. The number of aromatic nitrogens is 3. The van der Waals surface area contributed by atoms with Crippen LogP contribution < -0.4 is 0 Å². The van der Waals surface area contributed by atoms with Gasteiger partial charge in [0.15, 0.2) is 0 Å². The van der Waals surface area contributed by atoms with E-state index in [4.69, 9.17) is 0 Å². The second kappa shape index (κ2) is 4.01. The molecule has 0 bridgehead atoms. The molecule has 0 aliphatic heterocycles.